The number of benzene rings is 1. The van der Waals surface area contributed by atoms with Crippen LogP contribution in [0.5, 0.6) is 5.75 Å². The van der Waals surface area contributed by atoms with Crippen LogP contribution in [0.15, 0.2) is 24.3 Å². The molecule has 1 aromatic rings. The van der Waals surface area contributed by atoms with E-state index in [9.17, 15) is 9.59 Å². The van der Waals surface area contributed by atoms with Gasteiger partial charge in [-0.3, -0.25) is 4.79 Å². The first-order valence-electron chi connectivity index (χ1n) is 6.74. The first kappa shape index (κ1) is 18.2. The van der Waals surface area contributed by atoms with Crippen molar-refractivity contribution >= 4 is 43.8 Å². The fourth-order valence-corrected chi connectivity index (χ4v) is 3.94. The number of hydrogen-bond acceptors (Lipinski definition) is 3. The number of carboxylic acid groups (broad SMARTS) is 1. The van der Waals surface area contributed by atoms with Crippen molar-refractivity contribution < 1.29 is 19.4 Å². The summed E-state index contributed by atoms with van der Waals surface area (Å²) in [6.07, 6.45) is 3.27. The predicted molar refractivity (Wildman–Crippen MR) is 88.6 cm³/mol. The van der Waals surface area contributed by atoms with Crippen LogP contribution in [-0.2, 0) is 4.79 Å². The molecule has 0 heterocycles. The van der Waals surface area contributed by atoms with Crippen LogP contribution in [-0.4, -0.2) is 26.7 Å². The van der Waals surface area contributed by atoms with Gasteiger partial charge >= 0.3 is 11.9 Å². The molecule has 0 bridgehead atoms. The second kappa shape index (κ2) is 9.20. The second-order valence-corrected chi connectivity index (χ2v) is 7.32. The minimum absolute atomic E-state index is 0.0548. The Bertz CT molecular complexity index is 473. The highest BCUT2D eigenvalue weighted by Crippen LogP contribution is 2.22. The molecule has 2 unspecified atom stereocenters. The minimum atomic E-state index is -1.01. The fraction of sp³-hybridized carbons (Fsp3) is 0.467. The van der Waals surface area contributed by atoms with Gasteiger partial charge in [-0.05, 0) is 37.1 Å². The molecule has 0 radical (unpaired) electrons. The maximum atomic E-state index is 11.8. The average molecular weight is 422 g/mol. The Labute approximate surface area is 141 Å². The Hall–Kier alpha value is -0.880. The lowest BCUT2D eigenvalue weighted by atomic mass is 10.1. The van der Waals surface area contributed by atoms with Crippen molar-refractivity contribution in [3.05, 3.63) is 29.8 Å². The SMILES string of the molecule is CCCC(Br)CC(Br)CC(=O)Oc1ccc(C(=O)O)cc1. The molecular weight excluding hydrogens is 404 g/mol. The van der Waals surface area contributed by atoms with Gasteiger partial charge in [0.1, 0.15) is 5.75 Å². The third kappa shape index (κ3) is 7.09. The van der Waals surface area contributed by atoms with Gasteiger partial charge in [-0.1, -0.05) is 45.2 Å². The maximum Gasteiger partial charge on any atom is 0.335 e. The van der Waals surface area contributed by atoms with Crippen LogP contribution in [0, 0.1) is 0 Å². The highest BCUT2D eigenvalue weighted by atomic mass is 79.9. The van der Waals surface area contributed by atoms with Crippen LogP contribution in [0.3, 0.4) is 0 Å². The molecule has 116 valence electrons. The molecule has 0 aliphatic heterocycles. The lowest BCUT2D eigenvalue weighted by Gasteiger charge is -2.13. The van der Waals surface area contributed by atoms with Crippen molar-refractivity contribution in [3.8, 4) is 5.75 Å². The summed E-state index contributed by atoms with van der Waals surface area (Å²) < 4.78 is 5.18. The van der Waals surface area contributed by atoms with E-state index in [1.807, 2.05) is 0 Å². The van der Waals surface area contributed by atoms with Crippen molar-refractivity contribution in [1.82, 2.24) is 0 Å². The number of hydrogen-bond donors (Lipinski definition) is 1. The molecule has 6 heteroatoms. The Morgan fingerprint density at radius 1 is 1.19 bits per heavy atom. The first-order chi connectivity index (χ1) is 9.92. The number of ether oxygens (including phenoxy) is 1. The quantitative estimate of drug-likeness (QED) is 0.384. The number of carboxylic acids is 1. The zero-order valence-electron chi connectivity index (χ0n) is 11.7. The van der Waals surface area contributed by atoms with Crippen molar-refractivity contribution in [2.75, 3.05) is 0 Å². The van der Waals surface area contributed by atoms with Gasteiger partial charge in [0, 0.05) is 9.65 Å². The van der Waals surface area contributed by atoms with E-state index in [2.05, 4.69) is 38.8 Å². The smallest absolute Gasteiger partial charge is 0.335 e. The van der Waals surface area contributed by atoms with Gasteiger partial charge in [-0.25, -0.2) is 4.79 Å². The first-order valence-corrected chi connectivity index (χ1v) is 8.57. The van der Waals surface area contributed by atoms with Gasteiger partial charge in [0.05, 0.1) is 12.0 Å². The summed E-state index contributed by atoms with van der Waals surface area (Å²) in [7, 11) is 0. The standard InChI is InChI=1S/C15H18Br2O4/c1-2-3-11(16)8-12(17)9-14(18)21-13-6-4-10(5-7-13)15(19)20/h4-7,11-12H,2-3,8-9H2,1H3,(H,19,20). The summed E-state index contributed by atoms with van der Waals surface area (Å²) >= 11 is 7.06. The zero-order chi connectivity index (χ0) is 15.8. The molecule has 0 spiro atoms. The molecule has 0 saturated carbocycles. The maximum absolute atomic E-state index is 11.8. The molecule has 1 rings (SSSR count). The minimum Gasteiger partial charge on any atom is -0.478 e. The monoisotopic (exact) mass is 420 g/mol. The van der Waals surface area contributed by atoms with Crippen LogP contribution < -0.4 is 4.74 Å². The van der Waals surface area contributed by atoms with Gasteiger partial charge in [0.2, 0.25) is 0 Å². The number of halogens is 2. The average Bonchev–Trinajstić information content (AvgIpc) is 2.38. The van der Waals surface area contributed by atoms with Crippen molar-refractivity contribution in [2.24, 2.45) is 0 Å². The molecule has 4 nitrogen and oxygen atoms in total. The molecule has 0 saturated heterocycles. The van der Waals surface area contributed by atoms with E-state index >= 15 is 0 Å². The molecular formula is C15H18Br2O4. The van der Waals surface area contributed by atoms with Gasteiger partial charge in [-0.15, -0.1) is 0 Å². The molecule has 1 aromatic carbocycles. The highest BCUT2D eigenvalue weighted by Gasteiger charge is 2.16. The topological polar surface area (TPSA) is 63.6 Å². The Balaban J connectivity index is 2.44. The molecule has 2 atom stereocenters. The molecule has 21 heavy (non-hydrogen) atoms. The van der Waals surface area contributed by atoms with Crippen LogP contribution in [0.1, 0.15) is 43.0 Å². The van der Waals surface area contributed by atoms with Crippen molar-refractivity contribution in [2.45, 2.75) is 42.3 Å². The van der Waals surface area contributed by atoms with Gasteiger partial charge in [0.15, 0.2) is 0 Å². The largest absolute Gasteiger partial charge is 0.478 e. The van der Waals surface area contributed by atoms with Crippen molar-refractivity contribution in [1.29, 1.82) is 0 Å². The Morgan fingerprint density at radius 2 is 1.81 bits per heavy atom. The number of carbonyl (C=O) groups is 2. The van der Waals surface area contributed by atoms with Crippen LogP contribution >= 0.6 is 31.9 Å². The lowest BCUT2D eigenvalue weighted by Crippen LogP contribution is -2.16. The van der Waals surface area contributed by atoms with E-state index in [1.54, 1.807) is 0 Å². The third-order valence-electron chi connectivity index (χ3n) is 2.83. The number of aromatic carboxylic acids is 1. The molecule has 0 fully saturated rings. The summed E-state index contributed by atoms with van der Waals surface area (Å²) in [5.41, 5.74) is 0.162. The molecule has 0 aromatic heterocycles. The summed E-state index contributed by atoms with van der Waals surface area (Å²) in [5, 5.41) is 8.79. The molecule has 0 aliphatic carbocycles. The number of rotatable bonds is 8. The molecule has 1 N–H and O–H groups in total. The van der Waals surface area contributed by atoms with E-state index in [0.717, 1.165) is 19.3 Å². The van der Waals surface area contributed by atoms with E-state index in [1.165, 1.54) is 24.3 Å². The lowest BCUT2D eigenvalue weighted by molar-refractivity contribution is -0.134. The van der Waals surface area contributed by atoms with E-state index in [-0.39, 0.29) is 22.8 Å². The van der Waals surface area contributed by atoms with Gasteiger partial charge in [-0.2, -0.15) is 0 Å². The summed E-state index contributed by atoms with van der Waals surface area (Å²) in [5.74, 6) is -0.988. The van der Waals surface area contributed by atoms with Crippen LogP contribution in [0.4, 0.5) is 0 Å². The molecule has 0 aliphatic rings. The summed E-state index contributed by atoms with van der Waals surface area (Å²) in [4.78, 5) is 23.0. The Kier molecular flexibility index (Phi) is 7.96. The normalized spacial score (nSPS) is 13.5. The fourth-order valence-electron chi connectivity index (χ4n) is 1.81. The zero-order valence-corrected chi connectivity index (χ0v) is 14.9. The second-order valence-electron chi connectivity index (χ2n) is 4.73. The highest BCUT2D eigenvalue weighted by molar-refractivity contribution is 9.10. The predicted octanol–water partition coefficient (Wildman–Crippen LogP) is 4.40. The van der Waals surface area contributed by atoms with Gasteiger partial charge in [0.25, 0.3) is 0 Å². The third-order valence-corrected chi connectivity index (χ3v) is 4.36. The number of alkyl halides is 2. The van der Waals surface area contributed by atoms with E-state index in [4.69, 9.17) is 9.84 Å². The molecule has 0 amide bonds. The van der Waals surface area contributed by atoms with Gasteiger partial charge < -0.3 is 9.84 Å². The van der Waals surface area contributed by atoms with Crippen molar-refractivity contribution in [3.63, 3.8) is 0 Å². The van der Waals surface area contributed by atoms with E-state index in [0.29, 0.717) is 10.6 Å². The summed E-state index contributed by atoms with van der Waals surface area (Å²) in [6.45, 7) is 2.12. The number of carbonyl (C=O) groups excluding carboxylic acids is 1. The van der Waals surface area contributed by atoms with Crippen LogP contribution in [0.25, 0.3) is 0 Å². The Morgan fingerprint density at radius 3 is 2.33 bits per heavy atom. The van der Waals surface area contributed by atoms with Crippen LogP contribution in [0.2, 0.25) is 0 Å². The summed E-state index contributed by atoms with van der Waals surface area (Å²) in [6, 6.07) is 5.78. The van der Waals surface area contributed by atoms with E-state index < -0.39 is 5.97 Å². The number of esters is 1.